The number of anilines is 1. The second kappa shape index (κ2) is 8.06. The molecule has 0 bridgehead atoms. The Kier molecular flexibility index (Phi) is 6.09. The fourth-order valence-electron chi connectivity index (χ4n) is 1.84. The quantitative estimate of drug-likeness (QED) is 0.615. The minimum absolute atomic E-state index is 0.00191. The molecule has 24 heavy (non-hydrogen) atoms. The van der Waals surface area contributed by atoms with Gasteiger partial charge in [0.1, 0.15) is 11.6 Å². The SMILES string of the molecule is CC(C)C(=O)Nc1ccc(C(=O)CSc2cc(F)ccc2F)cc1. The molecule has 0 aliphatic carbocycles. The van der Waals surface area contributed by atoms with E-state index >= 15 is 0 Å². The Morgan fingerprint density at radius 3 is 2.38 bits per heavy atom. The van der Waals surface area contributed by atoms with Gasteiger partial charge in [0, 0.05) is 22.1 Å². The lowest BCUT2D eigenvalue weighted by molar-refractivity contribution is -0.118. The Hall–Kier alpha value is -2.21. The Morgan fingerprint density at radius 1 is 1.08 bits per heavy atom. The molecule has 0 saturated heterocycles. The van der Waals surface area contributed by atoms with E-state index in [1.54, 1.807) is 38.1 Å². The van der Waals surface area contributed by atoms with Crippen molar-refractivity contribution in [3.8, 4) is 0 Å². The van der Waals surface area contributed by atoms with Gasteiger partial charge in [0.25, 0.3) is 0 Å². The lowest BCUT2D eigenvalue weighted by Gasteiger charge is -2.08. The zero-order valence-corrected chi connectivity index (χ0v) is 14.1. The highest BCUT2D eigenvalue weighted by Gasteiger charge is 2.11. The smallest absolute Gasteiger partial charge is 0.226 e. The van der Waals surface area contributed by atoms with Crippen LogP contribution in [0.5, 0.6) is 0 Å². The molecule has 6 heteroatoms. The summed E-state index contributed by atoms with van der Waals surface area (Å²) in [5.74, 6) is -1.55. The van der Waals surface area contributed by atoms with Crippen LogP contribution in [0.2, 0.25) is 0 Å². The minimum Gasteiger partial charge on any atom is -0.326 e. The first-order valence-electron chi connectivity index (χ1n) is 7.39. The van der Waals surface area contributed by atoms with E-state index in [1.165, 1.54) is 0 Å². The van der Waals surface area contributed by atoms with Crippen molar-refractivity contribution in [3.63, 3.8) is 0 Å². The molecule has 2 aromatic rings. The van der Waals surface area contributed by atoms with Crippen molar-refractivity contribution in [1.29, 1.82) is 0 Å². The van der Waals surface area contributed by atoms with E-state index in [0.29, 0.717) is 11.3 Å². The van der Waals surface area contributed by atoms with Crippen LogP contribution in [0, 0.1) is 17.6 Å². The first kappa shape index (κ1) is 18.1. The number of hydrogen-bond donors (Lipinski definition) is 1. The van der Waals surface area contributed by atoms with E-state index in [9.17, 15) is 18.4 Å². The maximum absolute atomic E-state index is 13.5. The van der Waals surface area contributed by atoms with Crippen molar-refractivity contribution < 1.29 is 18.4 Å². The van der Waals surface area contributed by atoms with Crippen molar-refractivity contribution in [3.05, 3.63) is 59.7 Å². The van der Waals surface area contributed by atoms with Crippen LogP contribution < -0.4 is 5.32 Å². The first-order chi connectivity index (χ1) is 11.4. The Balaban J connectivity index is 1.97. The van der Waals surface area contributed by atoms with Gasteiger partial charge in [0.15, 0.2) is 5.78 Å². The number of Topliss-reactive ketones (excluding diaryl/α,β-unsaturated/α-hetero) is 1. The largest absolute Gasteiger partial charge is 0.326 e. The summed E-state index contributed by atoms with van der Waals surface area (Å²) in [6, 6.07) is 9.61. The summed E-state index contributed by atoms with van der Waals surface area (Å²) >= 11 is 0.949. The number of halogens is 2. The van der Waals surface area contributed by atoms with Crippen molar-refractivity contribution in [1.82, 2.24) is 0 Å². The molecule has 0 atom stereocenters. The molecular weight excluding hydrogens is 332 g/mol. The summed E-state index contributed by atoms with van der Waals surface area (Å²) < 4.78 is 26.6. The highest BCUT2D eigenvalue weighted by atomic mass is 32.2. The monoisotopic (exact) mass is 349 g/mol. The van der Waals surface area contributed by atoms with Crippen LogP contribution in [-0.4, -0.2) is 17.4 Å². The van der Waals surface area contributed by atoms with Crippen LogP contribution in [0.15, 0.2) is 47.4 Å². The summed E-state index contributed by atoms with van der Waals surface area (Å²) in [6.45, 7) is 3.58. The summed E-state index contributed by atoms with van der Waals surface area (Å²) in [5.41, 5.74) is 1.05. The molecule has 1 N–H and O–H groups in total. The second-order valence-corrected chi connectivity index (χ2v) is 6.53. The molecule has 0 aliphatic heterocycles. The molecule has 126 valence electrons. The minimum atomic E-state index is -0.555. The summed E-state index contributed by atoms with van der Waals surface area (Å²) in [6.07, 6.45) is 0. The Morgan fingerprint density at radius 2 is 1.75 bits per heavy atom. The topological polar surface area (TPSA) is 46.2 Å². The van der Waals surface area contributed by atoms with E-state index in [4.69, 9.17) is 0 Å². The van der Waals surface area contributed by atoms with Crippen LogP contribution in [0.1, 0.15) is 24.2 Å². The molecule has 0 fully saturated rings. The molecule has 0 heterocycles. The lowest BCUT2D eigenvalue weighted by Crippen LogP contribution is -2.17. The van der Waals surface area contributed by atoms with E-state index in [0.717, 1.165) is 30.0 Å². The molecule has 0 radical (unpaired) electrons. The van der Waals surface area contributed by atoms with E-state index in [1.807, 2.05) is 0 Å². The van der Waals surface area contributed by atoms with Gasteiger partial charge in [-0.2, -0.15) is 0 Å². The summed E-state index contributed by atoms with van der Waals surface area (Å²) in [5, 5.41) is 2.73. The van der Waals surface area contributed by atoms with Crippen molar-refractivity contribution in [2.75, 3.05) is 11.1 Å². The predicted molar refractivity (Wildman–Crippen MR) is 91.3 cm³/mol. The highest BCUT2D eigenvalue weighted by Crippen LogP contribution is 2.24. The zero-order valence-electron chi connectivity index (χ0n) is 13.3. The number of benzene rings is 2. The number of carbonyl (C=O) groups excluding carboxylic acids is 2. The van der Waals surface area contributed by atoms with Crippen LogP contribution in [0.3, 0.4) is 0 Å². The molecule has 1 amide bonds. The van der Waals surface area contributed by atoms with Gasteiger partial charge in [-0.25, -0.2) is 8.78 Å². The van der Waals surface area contributed by atoms with Gasteiger partial charge in [-0.3, -0.25) is 9.59 Å². The van der Waals surface area contributed by atoms with E-state index in [-0.39, 0.29) is 28.3 Å². The summed E-state index contributed by atoms with van der Waals surface area (Å²) in [4.78, 5) is 23.8. The molecule has 0 aromatic heterocycles. The zero-order chi connectivity index (χ0) is 17.7. The van der Waals surface area contributed by atoms with Gasteiger partial charge in [-0.05, 0) is 42.5 Å². The van der Waals surface area contributed by atoms with Gasteiger partial charge >= 0.3 is 0 Å². The van der Waals surface area contributed by atoms with Crippen LogP contribution in [-0.2, 0) is 4.79 Å². The molecule has 0 aliphatic rings. The third kappa shape index (κ3) is 4.89. The third-order valence-electron chi connectivity index (χ3n) is 3.25. The van der Waals surface area contributed by atoms with Crippen molar-refractivity contribution in [2.24, 2.45) is 5.92 Å². The van der Waals surface area contributed by atoms with Gasteiger partial charge in [0.05, 0.1) is 5.75 Å². The molecule has 0 spiro atoms. The summed E-state index contributed by atoms with van der Waals surface area (Å²) in [7, 11) is 0. The van der Waals surface area contributed by atoms with Gasteiger partial charge in [-0.1, -0.05) is 13.8 Å². The van der Waals surface area contributed by atoms with Crippen LogP contribution in [0.25, 0.3) is 0 Å². The number of amides is 1. The maximum atomic E-state index is 13.5. The van der Waals surface area contributed by atoms with Crippen LogP contribution in [0.4, 0.5) is 14.5 Å². The molecule has 2 aromatic carbocycles. The Labute approximate surface area is 143 Å². The van der Waals surface area contributed by atoms with Gasteiger partial charge < -0.3 is 5.32 Å². The standard InChI is InChI=1S/C18H17F2NO2S/c1-11(2)18(23)21-14-6-3-12(4-7-14)16(22)10-24-17-9-13(19)5-8-15(17)20/h3-9,11H,10H2,1-2H3,(H,21,23). The lowest BCUT2D eigenvalue weighted by atomic mass is 10.1. The normalized spacial score (nSPS) is 10.7. The van der Waals surface area contributed by atoms with Crippen molar-refractivity contribution in [2.45, 2.75) is 18.7 Å². The number of thioether (sulfide) groups is 1. The third-order valence-corrected chi connectivity index (χ3v) is 4.28. The molecule has 2 rings (SSSR count). The maximum Gasteiger partial charge on any atom is 0.226 e. The fraction of sp³-hybridized carbons (Fsp3) is 0.222. The molecule has 0 unspecified atom stereocenters. The van der Waals surface area contributed by atoms with Gasteiger partial charge in [0.2, 0.25) is 5.91 Å². The van der Waals surface area contributed by atoms with E-state index in [2.05, 4.69) is 5.32 Å². The second-order valence-electron chi connectivity index (χ2n) is 5.51. The predicted octanol–water partition coefficient (Wildman–Crippen LogP) is 4.53. The van der Waals surface area contributed by atoms with Crippen LogP contribution >= 0.6 is 11.8 Å². The average Bonchev–Trinajstić information content (AvgIpc) is 2.56. The number of nitrogens with one attached hydrogen (secondary N) is 1. The Bertz CT molecular complexity index is 745. The average molecular weight is 349 g/mol. The van der Waals surface area contributed by atoms with Crippen molar-refractivity contribution >= 4 is 29.1 Å². The van der Waals surface area contributed by atoms with E-state index < -0.39 is 11.6 Å². The molecule has 3 nitrogen and oxygen atoms in total. The highest BCUT2D eigenvalue weighted by molar-refractivity contribution is 8.00. The number of rotatable bonds is 6. The first-order valence-corrected chi connectivity index (χ1v) is 8.37. The molecule has 0 saturated carbocycles. The molecular formula is C18H17F2NO2S. The fourth-order valence-corrected chi connectivity index (χ4v) is 2.70. The van der Waals surface area contributed by atoms with Gasteiger partial charge in [-0.15, -0.1) is 11.8 Å². The number of ketones is 1. The number of carbonyl (C=O) groups is 2. The number of hydrogen-bond acceptors (Lipinski definition) is 3.